The lowest BCUT2D eigenvalue weighted by atomic mass is 10.2. The van der Waals surface area contributed by atoms with Crippen molar-refractivity contribution in [1.82, 2.24) is 15.0 Å². The Morgan fingerprint density at radius 1 is 1.38 bits per heavy atom. The van der Waals surface area contributed by atoms with E-state index in [2.05, 4.69) is 55.2 Å². The van der Waals surface area contributed by atoms with E-state index in [1.165, 1.54) is 5.56 Å². The van der Waals surface area contributed by atoms with Gasteiger partial charge in [-0.25, -0.2) is 4.68 Å². The van der Waals surface area contributed by atoms with Gasteiger partial charge in [0.2, 0.25) is 0 Å². The maximum atomic E-state index is 4.09. The average Bonchev–Trinajstić information content (AvgIpc) is 2.71. The van der Waals surface area contributed by atoms with E-state index in [-0.39, 0.29) is 4.83 Å². The Kier molecular flexibility index (Phi) is 3.44. The second-order valence-corrected chi connectivity index (χ2v) is 5.87. The summed E-state index contributed by atoms with van der Waals surface area (Å²) in [5.74, 6) is 0. The van der Waals surface area contributed by atoms with Crippen molar-refractivity contribution in [3.63, 3.8) is 0 Å². The van der Waals surface area contributed by atoms with Crippen molar-refractivity contribution in [2.45, 2.75) is 18.7 Å². The minimum absolute atomic E-state index is 0.218. The molecule has 0 saturated heterocycles. The highest BCUT2D eigenvalue weighted by atomic mass is 79.9. The van der Waals surface area contributed by atoms with Gasteiger partial charge in [0.05, 0.1) is 22.4 Å². The molecule has 3 nitrogen and oxygen atoms in total. The predicted molar refractivity (Wildman–Crippen MR) is 71.1 cm³/mol. The Morgan fingerprint density at radius 2 is 2.12 bits per heavy atom. The normalized spacial score (nSPS) is 12.8. The number of rotatable bonds is 2. The Balaban J connectivity index is 2.39. The molecular weight excluding hydrogens is 334 g/mol. The first-order chi connectivity index (χ1) is 7.58. The van der Waals surface area contributed by atoms with Crippen molar-refractivity contribution >= 4 is 31.9 Å². The van der Waals surface area contributed by atoms with Crippen LogP contribution in [0, 0.1) is 6.92 Å². The maximum absolute atomic E-state index is 4.09. The lowest BCUT2D eigenvalue weighted by molar-refractivity contribution is 0.797. The van der Waals surface area contributed by atoms with Crippen LogP contribution in [0.2, 0.25) is 0 Å². The quantitative estimate of drug-likeness (QED) is 0.776. The number of hydrogen-bond acceptors (Lipinski definition) is 2. The van der Waals surface area contributed by atoms with Gasteiger partial charge in [-0.1, -0.05) is 43.1 Å². The third kappa shape index (κ3) is 2.35. The summed E-state index contributed by atoms with van der Waals surface area (Å²) in [6, 6.07) is 6.11. The van der Waals surface area contributed by atoms with E-state index in [1.807, 2.05) is 25.3 Å². The first kappa shape index (κ1) is 11.8. The molecule has 2 aromatic rings. The molecule has 1 unspecified atom stereocenters. The molecule has 1 aromatic carbocycles. The zero-order valence-electron chi connectivity index (χ0n) is 8.98. The van der Waals surface area contributed by atoms with Crippen molar-refractivity contribution < 1.29 is 0 Å². The van der Waals surface area contributed by atoms with E-state index < -0.39 is 0 Å². The van der Waals surface area contributed by atoms with Crippen LogP contribution in [-0.2, 0) is 0 Å². The van der Waals surface area contributed by atoms with Crippen molar-refractivity contribution in [3.8, 4) is 5.69 Å². The molecule has 0 radical (unpaired) electrons. The van der Waals surface area contributed by atoms with Crippen molar-refractivity contribution in [2.24, 2.45) is 0 Å². The fourth-order valence-corrected chi connectivity index (χ4v) is 1.89. The molecule has 0 N–H and O–H groups in total. The number of benzene rings is 1. The Morgan fingerprint density at radius 3 is 2.69 bits per heavy atom. The summed E-state index contributed by atoms with van der Waals surface area (Å²) in [4.78, 5) is 0.218. The standard InChI is InChI=1S/C11H11Br2N3/c1-7-3-4-9(5-10(7)13)16-6-11(8(2)12)14-15-16/h3-6,8H,1-2H3. The Bertz CT molecular complexity index is 506. The molecule has 0 aliphatic heterocycles. The molecule has 0 saturated carbocycles. The van der Waals surface area contributed by atoms with E-state index in [0.717, 1.165) is 15.9 Å². The topological polar surface area (TPSA) is 30.7 Å². The fraction of sp³-hybridized carbons (Fsp3) is 0.273. The highest BCUT2D eigenvalue weighted by molar-refractivity contribution is 9.10. The minimum Gasteiger partial charge on any atom is -0.220 e. The molecule has 0 spiro atoms. The number of alkyl halides is 1. The number of halogens is 2. The third-order valence-corrected chi connectivity index (χ3v) is 3.66. The number of aromatic nitrogens is 3. The van der Waals surface area contributed by atoms with E-state index >= 15 is 0 Å². The summed E-state index contributed by atoms with van der Waals surface area (Å²) in [7, 11) is 0. The van der Waals surface area contributed by atoms with Gasteiger partial charge in [0.1, 0.15) is 0 Å². The molecule has 0 amide bonds. The van der Waals surface area contributed by atoms with Crippen LogP contribution >= 0.6 is 31.9 Å². The van der Waals surface area contributed by atoms with E-state index in [9.17, 15) is 0 Å². The molecule has 0 aliphatic rings. The molecule has 0 fully saturated rings. The smallest absolute Gasteiger partial charge is 0.0965 e. The van der Waals surface area contributed by atoms with Gasteiger partial charge < -0.3 is 0 Å². The SMILES string of the molecule is Cc1ccc(-n2cc(C(C)Br)nn2)cc1Br. The summed E-state index contributed by atoms with van der Waals surface area (Å²) < 4.78 is 2.85. The van der Waals surface area contributed by atoms with Crippen LogP contribution < -0.4 is 0 Å². The number of aryl methyl sites for hydroxylation is 1. The number of nitrogens with zero attached hydrogens (tertiary/aromatic N) is 3. The van der Waals surface area contributed by atoms with Crippen LogP contribution in [0.25, 0.3) is 5.69 Å². The van der Waals surface area contributed by atoms with Crippen LogP contribution in [0.3, 0.4) is 0 Å². The average molecular weight is 345 g/mol. The summed E-state index contributed by atoms with van der Waals surface area (Å²) >= 11 is 6.98. The summed E-state index contributed by atoms with van der Waals surface area (Å²) in [6.45, 7) is 4.08. The van der Waals surface area contributed by atoms with Crippen LogP contribution in [0.1, 0.15) is 23.0 Å². The minimum atomic E-state index is 0.218. The lowest BCUT2D eigenvalue weighted by Crippen LogP contribution is -1.95. The molecule has 1 aromatic heterocycles. The van der Waals surface area contributed by atoms with Gasteiger partial charge >= 0.3 is 0 Å². The Hall–Kier alpha value is -0.680. The molecule has 0 bridgehead atoms. The molecule has 1 heterocycles. The first-order valence-electron chi connectivity index (χ1n) is 4.91. The Labute approximate surface area is 111 Å². The largest absolute Gasteiger partial charge is 0.220 e. The van der Waals surface area contributed by atoms with Gasteiger partial charge in [0.15, 0.2) is 0 Å². The molecule has 0 aliphatic carbocycles. The van der Waals surface area contributed by atoms with E-state index in [0.29, 0.717) is 0 Å². The molecule has 1 atom stereocenters. The van der Waals surface area contributed by atoms with Gasteiger partial charge in [-0.3, -0.25) is 0 Å². The van der Waals surface area contributed by atoms with Crippen LogP contribution in [0.4, 0.5) is 0 Å². The molecule has 16 heavy (non-hydrogen) atoms. The van der Waals surface area contributed by atoms with Gasteiger partial charge in [-0.05, 0) is 31.5 Å². The van der Waals surface area contributed by atoms with Crippen LogP contribution in [-0.4, -0.2) is 15.0 Å². The zero-order valence-corrected chi connectivity index (χ0v) is 12.2. The zero-order chi connectivity index (χ0) is 11.7. The molecule has 5 heteroatoms. The van der Waals surface area contributed by atoms with Gasteiger partial charge in [-0.2, -0.15) is 0 Å². The van der Waals surface area contributed by atoms with E-state index in [1.54, 1.807) is 4.68 Å². The molecule has 2 rings (SSSR count). The summed E-state index contributed by atoms with van der Waals surface area (Å²) in [5.41, 5.74) is 3.14. The van der Waals surface area contributed by atoms with Crippen molar-refractivity contribution in [1.29, 1.82) is 0 Å². The van der Waals surface area contributed by atoms with Gasteiger partial charge in [-0.15, -0.1) is 5.10 Å². The number of hydrogen-bond donors (Lipinski definition) is 0. The third-order valence-electron chi connectivity index (χ3n) is 2.34. The maximum Gasteiger partial charge on any atom is 0.0965 e. The molecular formula is C11H11Br2N3. The second kappa shape index (κ2) is 4.67. The summed E-state index contributed by atoms with van der Waals surface area (Å²) in [5, 5.41) is 8.19. The highest BCUT2D eigenvalue weighted by Gasteiger charge is 2.07. The molecule has 84 valence electrons. The van der Waals surface area contributed by atoms with Gasteiger partial charge in [0.25, 0.3) is 0 Å². The summed E-state index contributed by atoms with van der Waals surface area (Å²) in [6.07, 6.45) is 1.93. The second-order valence-electron chi connectivity index (χ2n) is 3.64. The van der Waals surface area contributed by atoms with E-state index in [4.69, 9.17) is 0 Å². The predicted octanol–water partition coefficient (Wildman–Crippen LogP) is 3.79. The van der Waals surface area contributed by atoms with Crippen LogP contribution in [0.5, 0.6) is 0 Å². The first-order valence-corrected chi connectivity index (χ1v) is 6.61. The lowest BCUT2D eigenvalue weighted by Gasteiger charge is -2.02. The van der Waals surface area contributed by atoms with Crippen molar-refractivity contribution in [2.75, 3.05) is 0 Å². The monoisotopic (exact) mass is 343 g/mol. The van der Waals surface area contributed by atoms with Crippen molar-refractivity contribution in [3.05, 3.63) is 40.1 Å². The fourth-order valence-electron chi connectivity index (χ4n) is 1.31. The van der Waals surface area contributed by atoms with Crippen LogP contribution in [0.15, 0.2) is 28.9 Å². The highest BCUT2D eigenvalue weighted by Crippen LogP contribution is 2.22. The van der Waals surface area contributed by atoms with Gasteiger partial charge in [0, 0.05) is 4.47 Å².